The standard InChI is InChI=1S/C20H13ClF3N5/c21-15-1-2-18(20(22,23)24)16(5-15)11(6-25)3-13-10-29-19-17(13)4-12(9-28-19)14(7-26)8-27/h1-5,7-10,26H,27H2,(H,28,29)/b11-3+,14-8+,26-7?. The molecule has 4 N–H and O–H groups in total. The summed E-state index contributed by atoms with van der Waals surface area (Å²) in [6.45, 7) is 0. The molecule has 5 nitrogen and oxygen atoms in total. The number of rotatable bonds is 4. The Morgan fingerprint density at radius 1 is 1.31 bits per heavy atom. The summed E-state index contributed by atoms with van der Waals surface area (Å²) in [5.41, 5.74) is 5.94. The zero-order chi connectivity index (χ0) is 21.2. The number of nitrogens with one attached hydrogen (secondary N) is 2. The normalized spacial score (nSPS) is 12.8. The van der Waals surface area contributed by atoms with Crippen molar-refractivity contribution in [2.24, 2.45) is 5.73 Å². The van der Waals surface area contributed by atoms with E-state index in [1.807, 2.05) is 6.07 Å². The minimum absolute atomic E-state index is 0.0840. The molecule has 0 unspecified atom stereocenters. The predicted molar refractivity (Wildman–Crippen MR) is 107 cm³/mol. The Morgan fingerprint density at radius 3 is 2.69 bits per heavy atom. The maximum Gasteiger partial charge on any atom is 0.417 e. The minimum Gasteiger partial charge on any atom is -0.404 e. The molecule has 0 bridgehead atoms. The van der Waals surface area contributed by atoms with Crippen LogP contribution in [0.2, 0.25) is 5.02 Å². The van der Waals surface area contributed by atoms with Gasteiger partial charge in [0, 0.05) is 57.5 Å². The molecule has 3 aromatic rings. The molecular weight excluding hydrogens is 403 g/mol. The van der Waals surface area contributed by atoms with Gasteiger partial charge in [-0.15, -0.1) is 0 Å². The van der Waals surface area contributed by atoms with Gasteiger partial charge in [-0.25, -0.2) is 4.98 Å². The number of nitriles is 1. The third kappa shape index (κ3) is 4.00. The molecule has 146 valence electrons. The van der Waals surface area contributed by atoms with Crippen molar-refractivity contribution in [3.05, 3.63) is 70.1 Å². The molecule has 0 aliphatic carbocycles. The monoisotopic (exact) mass is 415 g/mol. The first kappa shape index (κ1) is 20.2. The molecule has 2 aromatic heterocycles. The fraction of sp³-hybridized carbons (Fsp3) is 0.0500. The van der Waals surface area contributed by atoms with Crippen LogP contribution in [-0.2, 0) is 6.18 Å². The molecule has 0 radical (unpaired) electrons. The summed E-state index contributed by atoms with van der Waals surface area (Å²) in [7, 11) is 0. The maximum atomic E-state index is 13.4. The van der Waals surface area contributed by atoms with Crippen LogP contribution >= 0.6 is 11.6 Å². The number of allylic oxidation sites excluding steroid dienone is 2. The number of hydrogen-bond donors (Lipinski definition) is 3. The maximum absolute atomic E-state index is 13.4. The summed E-state index contributed by atoms with van der Waals surface area (Å²) in [6, 6.07) is 6.60. The number of aromatic nitrogens is 2. The zero-order valence-corrected chi connectivity index (χ0v) is 15.4. The molecule has 0 saturated carbocycles. The van der Waals surface area contributed by atoms with Crippen molar-refractivity contribution in [2.45, 2.75) is 6.18 Å². The molecule has 0 spiro atoms. The van der Waals surface area contributed by atoms with Crippen molar-refractivity contribution in [3.63, 3.8) is 0 Å². The van der Waals surface area contributed by atoms with Crippen LogP contribution in [0.4, 0.5) is 13.2 Å². The Balaban J connectivity index is 2.20. The van der Waals surface area contributed by atoms with Gasteiger partial charge in [-0.2, -0.15) is 18.4 Å². The number of aromatic amines is 1. The lowest BCUT2D eigenvalue weighted by molar-refractivity contribution is -0.137. The van der Waals surface area contributed by atoms with E-state index >= 15 is 0 Å². The Hall–Kier alpha value is -3.57. The number of hydrogen-bond acceptors (Lipinski definition) is 4. The van der Waals surface area contributed by atoms with Gasteiger partial charge in [-0.1, -0.05) is 11.6 Å². The number of nitrogens with zero attached hydrogens (tertiary/aromatic N) is 2. The highest BCUT2D eigenvalue weighted by atomic mass is 35.5. The highest BCUT2D eigenvalue weighted by Crippen LogP contribution is 2.37. The van der Waals surface area contributed by atoms with Crippen molar-refractivity contribution < 1.29 is 13.2 Å². The molecule has 0 atom stereocenters. The van der Waals surface area contributed by atoms with Gasteiger partial charge in [0.05, 0.1) is 17.2 Å². The van der Waals surface area contributed by atoms with E-state index in [1.165, 1.54) is 24.7 Å². The fourth-order valence-corrected chi connectivity index (χ4v) is 3.01. The highest BCUT2D eigenvalue weighted by molar-refractivity contribution is 6.30. The second-order valence-corrected chi connectivity index (χ2v) is 6.42. The first-order valence-corrected chi connectivity index (χ1v) is 8.55. The lowest BCUT2D eigenvalue weighted by Crippen LogP contribution is -2.08. The van der Waals surface area contributed by atoms with Crippen molar-refractivity contribution >= 4 is 46.1 Å². The van der Waals surface area contributed by atoms with Crippen LogP contribution in [0.25, 0.3) is 28.3 Å². The molecule has 0 saturated heterocycles. The van der Waals surface area contributed by atoms with Crippen LogP contribution in [-0.4, -0.2) is 16.2 Å². The smallest absolute Gasteiger partial charge is 0.404 e. The molecule has 0 fully saturated rings. The Morgan fingerprint density at radius 2 is 2.07 bits per heavy atom. The number of H-pyrrole nitrogens is 1. The quantitative estimate of drug-likeness (QED) is 0.400. The van der Waals surface area contributed by atoms with Gasteiger partial charge in [0.2, 0.25) is 0 Å². The number of halogens is 4. The number of pyridine rings is 1. The van der Waals surface area contributed by atoms with Crippen LogP contribution in [0.5, 0.6) is 0 Å². The zero-order valence-electron chi connectivity index (χ0n) is 14.7. The molecule has 3 rings (SSSR count). The lowest BCUT2D eigenvalue weighted by atomic mass is 9.98. The second-order valence-electron chi connectivity index (χ2n) is 5.99. The first-order valence-electron chi connectivity index (χ1n) is 8.17. The van der Waals surface area contributed by atoms with E-state index in [1.54, 1.807) is 6.07 Å². The van der Waals surface area contributed by atoms with Gasteiger partial charge < -0.3 is 16.1 Å². The first-order chi connectivity index (χ1) is 13.8. The minimum atomic E-state index is -4.64. The van der Waals surface area contributed by atoms with Crippen LogP contribution in [0, 0.1) is 16.7 Å². The molecule has 9 heteroatoms. The SMILES string of the molecule is N#C/C(=C\c1c[nH]c2ncc(/C(C=N)=C/N)cc12)c1cc(Cl)ccc1C(F)(F)F. The average Bonchev–Trinajstić information content (AvgIpc) is 3.08. The fourth-order valence-electron chi connectivity index (χ4n) is 2.84. The number of nitrogens with two attached hydrogens (primary N) is 1. The molecule has 0 aliphatic rings. The summed E-state index contributed by atoms with van der Waals surface area (Å²) in [6.07, 6.45) is 2.05. The van der Waals surface area contributed by atoms with Gasteiger partial charge in [-0.05, 0) is 30.3 Å². The third-order valence-electron chi connectivity index (χ3n) is 4.23. The molecule has 1 aromatic carbocycles. The van der Waals surface area contributed by atoms with Crippen LogP contribution in [0.1, 0.15) is 22.3 Å². The largest absolute Gasteiger partial charge is 0.417 e. The second kappa shape index (κ2) is 7.81. The van der Waals surface area contributed by atoms with Gasteiger partial charge in [0.15, 0.2) is 0 Å². The Bertz CT molecular complexity index is 1200. The van der Waals surface area contributed by atoms with Crippen LogP contribution < -0.4 is 5.73 Å². The van der Waals surface area contributed by atoms with Crippen LogP contribution in [0.3, 0.4) is 0 Å². The van der Waals surface area contributed by atoms with Crippen molar-refractivity contribution in [1.82, 2.24) is 9.97 Å². The molecule has 0 aliphatic heterocycles. The highest BCUT2D eigenvalue weighted by Gasteiger charge is 2.34. The predicted octanol–water partition coefficient (Wildman–Crippen LogP) is 5.25. The molecular formula is C20H13ClF3N5. The van der Waals surface area contributed by atoms with E-state index < -0.39 is 11.7 Å². The topological polar surface area (TPSA) is 102 Å². The summed E-state index contributed by atoms with van der Waals surface area (Å²) >= 11 is 5.87. The van der Waals surface area contributed by atoms with Gasteiger partial charge in [0.25, 0.3) is 0 Å². The summed E-state index contributed by atoms with van der Waals surface area (Å²) in [5.74, 6) is 0. The third-order valence-corrected chi connectivity index (χ3v) is 4.46. The van der Waals surface area contributed by atoms with E-state index in [-0.39, 0.29) is 16.2 Å². The van der Waals surface area contributed by atoms with E-state index in [4.69, 9.17) is 22.7 Å². The number of fused-ring (bicyclic) bond motifs is 1. The van der Waals surface area contributed by atoms with Crippen molar-refractivity contribution in [1.29, 1.82) is 10.7 Å². The number of benzene rings is 1. The van der Waals surface area contributed by atoms with Crippen molar-refractivity contribution in [3.8, 4) is 6.07 Å². The van der Waals surface area contributed by atoms with Crippen LogP contribution in [0.15, 0.2) is 42.9 Å². The van der Waals surface area contributed by atoms with Crippen molar-refractivity contribution in [2.75, 3.05) is 0 Å². The summed E-state index contributed by atoms with van der Waals surface area (Å²) in [5, 5.41) is 17.6. The van der Waals surface area contributed by atoms with Gasteiger partial charge in [-0.3, -0.25) is 0 Å². The van der Waals surface area contributed by atoms with E-state index in [0.717, 1.165) is 24.4 Å². The summed E-state index contributed by atoms with van der Waals surface area (Å²) < 4.78 is 40.2. The molecule has 29 heavy (non-hydrogen) atoms. The number of alkyl halides is 3. The summed E-state index contributed by atoms with van der Waals surface area (Å²) in [4.78, 5) is 7.13. The van der Waals surface area contributed by atoms with E-state index in [9.17, 15) is 18.4 Å². The van der Waals surface area contributed by atoms with E-state index in [2.05, 4.69) is 9.97 Å². The lowest BCUT2D eigenvalue weighted by Gasteiger charge is -2.12. The Kier molecular flexibility index (Phi) is 5.43. The molecule has 2 heterocycles. The van der Waals surface area contributed by atoms with Gasteiger partial charge >= 0.3 is 6.18 Å². The Labute approximate surface area is 168 Å². The van der Waals surface area contributed by atoms with E-state index in [0.29, 0.717) is 27.7 Å². The van der Waals surface area contributed by atoms with Gasteiger partial charge in [0.1, 0.15) is 5.65 Å². The molecule has 0 amide bonds. The average molecular weight is 416 g/mol.